The number of anilines is 1. The third kappa shape index (κ3) is 2.88. The van der Waals surface area contributed by atoms with Crippen molar-refractivity contribution in [2.24, 2.45) is 0 Å². The quantitative estimate of drug-likeness (QED) is 0.661. The highest BCUT2D eigenvalue weighted by atomic mass is 16.5. The molecule has 0 aliphatic rings. The van der Waals surface area contributed by atoms with Gasteiger partial charge in [-0.3, -0.25) is 4.79 Å². The lowest BCUT2D eigenvalue weighted by molar-refractivity contribution is 0.0993. The third-order valence-corrected chi connectivity index (χ3v) is 2.73. The van der Waals surface area contributed by atoms with Crippen LogP contribution in [0.3, 0.4) is 0 Å². The molecule has 0 bridgehead atoms. The second-order valence-corrected chi connectivity index (χ2v) is 4.07. The van der Waals surface area contributed by atoms with Crippen LogP contribution < -0.4 is 10.5 Å². The second kappa shape index (κ2) is 5.36. The van der Waals surface area contributed by atoms with Gasteiger partial charge in [-0.05, 0) is 42.0 Å². The maximum absolute atomic E-state index is 12.0. The first-order chi connectivity index (χ1) is 8.69. The minimum atomic E-state index is 0.0725. The van der Waals surface area contributed by atoms with Crippen LogP contribution in [-0.4, -0.2) is 12.9 Å². The summed E-state index contributed by atoms with van der Waals surface area (Å²) in [6.07, 6.45) is 0.359. The highest BCUT2D eigenvalue weighted by Gasteiger charge is 2.07. The van der Waals surface area contributed by atoms with E-state index in [9.17, 15) is 4.79 Å². The Morgan fingerprint density at radius 1 is 1.17 bits per heavy atom. The molecule has 0 aliphatic heterocycles. The normalized spacial score (nSPS) is 10.1. The summed E-state index contributed by atoms with van der Waals surface area (Å²) >= 11 is 0. The monoisotopic (exact) mass is 241 g/mol. The molecular weight excluding hydrogens is 226 g/mol. The van der Waals surface area contributed by atoms with Crippen LogP contribution in [0, 0.1) is 0 Å². The van der Waals surface area contributed by atoms with Gasteiger partial charge in [-0.25, -0.2) is 0 Å². The Morgan fingerprint density at radius 2 is 1.89 bits per heavy atom. The van der Waals surface area contributed by atoms with E-state index in [0.717, 1.165) is 11.3 Å². The van der Waals surface area contributed by atoms with Crippen molar-refractivity contribution in [1.82, 2.24) is 0 Å². The van der Waals surface area contributed by atoms with Crippen LogP contribution in [0.5, 0.6) is 5.75 Å². The molecule has 92 valence electrons. The smallest absolute Gasteiger partial charge is 0.167 e. The van der Waals surface area contributed by atoms with Crippen molar-refractivity contribution < 1.29 is 9.53 Å². The van der Waals surface area contributed by atoms with Crippen LogP contribution >= 0.6 is 0 Å². The van der Waals surface area contributed by atoms with Crippen LogP contribution in [-0.2, 0) is 6.42 Å². The lowest BCUT2D eigenvalue weighted by Crippen LogP contribution is -2.03. The molecule has 0 heterocycles. The number of rotatable bonds is 4. The lowest BCUT2D eigenvalue weighted by atomic mass is 10.0. The van der Waals surface area contributed by atoms with Gasteiger partial charge < -0.3 is 10.5 Å². The molecule has 3 heteroatoms. The standard InChI is InChI=1S/C15H15NO2/c1-18-14-7-5-12(6-8-14)15(17)10-11-3-2-4-13(16)9-11/h2-9H,10,16H2,1H3. The van der Waals surface area contributed by atoms with Crippen molar-refractivity contribution in [1.29, 1.82) is 0 Å². The summed E-state index contributed by atoms with van der Waals surface area (Å²) in [4.78, 5) is 12.0. The molecule has 0 aliphatic carbocycles. The Labute approximate surface area is 106 Å². The van der Waals surface area contributed by atoms with Crippen LogP contribution in [0.4, 0.5) is 5.69 Å². The molecule has 2 rings (SSSR count). The number of benzene rings is 2. The van der Waals surface area contributed by atoms with Crippen molar-refractivity contribution in [3.8, 4) is 5.75 Å². The van der Waals surface area contributed by atoms with E-state index in [1.54, 1.807) is 37.4 Å². The van der Waals surface area contributed by atoms with E-state index in [1.165, 1.54) is 0 Å². The maximum atomic E-state index is 12.0. The van der Waals surface area contributed by atoms with Gasteiger partial charge in [-0.2, -0.15) is 0 Å². The van der Waals surface area contributed by atoms with Gasteiger partial charge in [0.15, 0.2) is 5.78 Å². The molecule has 3 nitrogen and oxygen atoms in total. The molecule has 18 heavy (non-hydrogen) atoms. The number of ketones is 1. The molecule has 0 radical (unpaired) electrons. The largest absolute Gasteiger partial charge is 0.497 e. The summed E-state index contributed by atoms with van der Waals surface area (Å²) in [5.74, 6) is 0.818. The Balaban J connectivity index is 2.11. The highest BCUT2D eigenvalue weighted by Crippen LogP contribution is 2.14. The van der Waals surface area contributed by atoms with Crippen LogP contribution in [0.1, 0.15) is 15.9 Å². The van der Waals surface area contributed by atoms with Gasteiger partial charge in [0, 0.05) is 17.7 Å². The van der Waals surface area contributed by atoms with Crippen molar-refractivity contribution in [3.63, 3.8) is 0 Å². The molecular formula is C15H15NO2. The van der Waals surface area contributed by atoms with Crippen molar-refractivity contribution in [3.05, 3.63) is 59.7 Å². The zero-order chi connectivity index (χ0) is 13.0. The Morgan fingerprint density at radius 3 is 2.50 bits per heavy atom. The van der Waals surface area contributed by atoms with Gasteiger partial charge in [-0.1, -0.05) is 12.1 Å². The first kappa shape index (κ1) is 12.2. The van der Waals surface area contributed by atoms with E-state index in [-0.39, 0.29) is 5.78 Å². The van der Waals surface area contributed by atoms with Gasteiger partial charge >= 0.3 is 0 Å². The van der Waals surface area contributed by atoms with Crippen molar-refractivity contribution in [2.45, 2.75) is 6.42 Å². The van der Waals surface area contributed by atoms with Crippen molar-refractivity contribution in [2.75, 3.05) is 12.8 Å². The number of carbonyl (C=O) groups is 1. The van der Waals surface area contributed by atoms with E-state index in [4.69, 9.17) is 10.5 Å². The number of hydrogen-bond donors (Lipinski definition) is 1. The number of hydrogen-bond acceptors (Lipinski definition) is 3. The average molecular weight is 241 g/mol. The van der Waals surface area contributed by atoms with E-state index >= 15 is 0 Å². The number of ether oxygens (including phenoxy) is 1. The number of nitrogen functional groups attached to an aromatic ring is 1. The Hall–Kier alpha value is -2.29. The molecule has 0 atom stereocenters. The summed E-state index contributed by atoms with van der Waals surface area (Å²) in [5, 5.41) is 0. The summed E-state index contributed by atoms with van der Waals surface area (Å²) in [6, 6.07) is 14.5. The van der Waals surface area contributed by atoms with Gasteiger partial charge in [-0.15, -0.1) is 0 Å². The summed E-state index contributed by atoms with van der Waals surface area (Å²) in [7, 11) is 1.60. The minimum Gasteiger partial charge on any atom is -0.497 e. The summed E-state index contributed by atoms with van der Waals surface area (Å²) in [5.41, 5.74) is 7.96. The third-order valence-electron chi connectivity index (χ3n) is 2.73. The van der Waals surface area contributed by atoms with Crippen LogP contribution in [0.2, 0.25) is 0 Å². The predicted octanol–water partition coefficient (Wildman–Crippen LogP) is 2.70. The second-order valence-electron chi connectivity index (χ2n) is 4.07. The molecule has 2 N–H and O–H groups in total. The first-order valence-corrected chi connectivity index (χ1v) is 5.71. The van der Waals surface area contributed by atoms with E-state index < -0.39 is 0 Å². The fourth-order valence-electron chi connectivity index (χ4n) is 1.77. The summed E-state index contributed by atoms with van der Waals surface area (Å²) in [6.45, 7) is 0. The number of methoxy groups -OCH3 is 1. The predicted molar refractivity (Wildman–Crippen MR) is 71.9 cm³/mol. The highest BCUT2D eigenvalue weighted by molar-refractivity contribution is 5.97. The Bertz CT molecular complexity index is 547. The van der Waals surface area contributed by atoms with E-state index in [2.05, 4.69) is 0 Å². The van der Waals surface area contributed by atoms with Crippen molar-refractivity contribution >= 4 is 11.5 Å². The number of nitrogens with two attached hydrogens (primary N) is 1. The van der Waals surface area contributed by atoms with E-state index in [0.29, 0.717) is 17.7 Å². The zero-order valence-electron chi connectivity index (χ0n) is 10.2. The minimum absolute atomic E-state index is 0.0725. The maximum Gasteiger partial charge on any atom is 0.167 e. The van der Waals surface area contributed by atoms with Crippen LogP contribution in [0.15, 0.2) is 48.5 Å². The fourth-order valence-corrected chi connectivity index (χ4v) is 1.77. The lowest BCUT2D eigenvalue weighted by Gasteiger charge is -2.04. The van der Waals surface area contributed by atoms with Crippen LogP contribution in [0.25, 0.3) is 0 Å². The van der Waals surface area contributed by atoms with Gasteiger partial charge in [0.2, 0.25) is 0 Å². The molecule has 0 unspecified atom stereocenters. The summed E-state index contributed by atoms with van der Waals surface area (Å²) < 4.78 is 5.06. The number of Topliss-reactive ketones (excluding diaryl/α,β-unsaturated/α-hetero) is 1. The molecule has 0 spiro atoms. The molecule has 2 aromatic carbocycles. The molecule has 0 saturated carbocycles. The molecule has 0 fully saturated rings. The van der Waals surface area contributed by atoms with E-state index in [1.807, 2.05) is 18.2 Å². The molecule has 0 amide bonds. The molecule has 2 aromatic rings. The van der Waals surface area contributed by atoms with Gasteiger partial charge in [0.25, 0.3) is 0 Å². The SMILES string of the molecule is COc1ccc(C(=O)Cc2cccc(N)c2)cc1. The molecule has 0 aromatic heterocycles. The number of carbonyl (C=O) groups excluding carboxylic acids is 1. The fraction of sp³-hybridized carbons (Fsp3) is 0.133. The average Bonchev–Trinajstić information content (AvgIpc) is 2.39. The first-order valence-electron chi connectivity index (χ1n) is 5.71. The Kier molecular flexibility index (Phi) is 3.63. The molecule has 0 saturated heterocycles. The zero-order valence-corrected chi connectivity index (χ0v) is 10.2. The van der Waals surface area contributed by atoms with Gasteiger partial charge in [0.05, 0.1) is 7.11 Å². The van der Waals surface area contributed by atoms with Gasteiger partial charge in [0.1, 0.15) is 5.75 Å². The topological polar surface area (TPSA) is 52.3 Å².